The van der Waals surface area contributed by atoms with E-state index in [4.69, 9.17) is 9.47 Å². The van der Waals surface area contributed by atoms with Crippen molar-refractivity contribution in [2.75, 3.05) is 13.7 Å². The minimum Gasteiger partial charge on any atom is -0.493 e. The van der Waals surface area contributed by atoms with Crippen LogP contribution >= 0.6 is 0 Å². The highest BCUT2D eigenvalue weighted by Gasteiger charge is 2.11. The standard InChI is InChI=1S/C19H20FNO2/c1-14-8-9-18(19(11-14)22-2)23-10-4-6-16(13-21)15-5-3-7-17(20)12-15/h3,5,7-9,11-12,16H,4,6,10H2,1-2H3. The molecule has 0 radical (unpaired) electrons. The van der Waals surface area contributed by atoms with E-state index in [9.17, 15) is 9.65 Å². The van der Waals surface area contributed by atoms with Gasteiger partial charge in [0.05, 0.1) is 25.7 Å². The van der Waals surface area contributed by atoms with Crippen LogP contribution in [0.25, 0.3) is 0 Å². The third-order valence-electron chi connectivity index (χ3n) is 3.62. The highest BCUT2D eigenvalue weighted by molar-refractivity contribution is 5.42. The van der Waals surface area contributed by atoms with Crippen molar-refractivity contribution in [3.8, 4) is 17.6 Å². The Labute approximate surface area is 136 Å². The second-order valence-corrected chi connectivity index (χ2v) is 5.38. The lowest BCUT2D eigenvalue weighted by molar-refractivity contribution is 0.285. The van der Waals surface area contributed by atoms with Crippen LogP contribution in [0.5, 0.6) is 11.5 Å². The maximum absolute atomic E-state index is 13.2. The molecule has 0 amide bonds. The minimum atomic E-state index is -0.325. The lowest BCUT2D eigenvalue weighted by Crippen LogP contribution is -2.03. The van der Waals surface area contributed by atoms with Crippen molar-refractivity contribution >= 4 is 0 Å². The van der Waals surface area contributed by atoms with Gasteiger partial charge in [-0.3, -0.25) is 0 Å². The smallest absolute Gasteiger partial charge is 0.161 e. The van der Waals surface area contributed by atoms with Crippen LogP contribution in [0, 0.1) is 24.1 Å². The predicted octanol–water partition coefficient (Wildman–Crippen LogP) is 4.61. The first-order valence-electron chi connectivity index (χ1n) is 7.56. The fourth-order valence-corrected chi connectivity index (χ4v) is 2.39. The molecule has 0 aliphatic heterocycles. The van der Waals surface area contributed by atoms with Crippen LogP contribution in [0.2, 0.25) is 0 Å². The van der Waals surface area contributed by atoms with Crippen molar-refractivity contribution in [2.24, 2.45) is 0 Å². The van der Waals surface area contributed by atoms with E-state index in [1.165, 1.54) is 12.1 Å². The molecule has 0 N–H and O–H groups in total. The molecule has 120 valence electrons. The van der Waals surface area contributed by atoms with Gasteiger partial charge in [-0.1, -0.05) is 18.2 Å². The second kappa shape index (κ2) is 8.19. The van der Waals surface area contributed by atoms with Crippen LogP contribution in [0.3, 0.4) is 0 Å². The molecule has 0 heterocycles. The average molecular weight is 313 g/mol. The maximum atomic E-state index is 13.2. The Kier molecular flexibility index (Phi) is 5.99. The highest BCUT2D eigenvalue weighted by atomic mass is 19.1. The maximum Gasteiger partial charge on any atom is 0.161 e. The summed E-state index contributed by atoms with van der Waals surface area (Å²) < 4.78 is 24.3. The molecule has 2 rings (SSSR count). The molecule has 0 aliphatic carbocycles. The zero-order valence-electron chi connectivity index (χ0n) is 13.4. The van der Waals surface area contributed by atoms with Gasteiger partial charge in [-0.05, 0) is 55.2 Å². The molecule has 0 spiro atoms. The number of hydrogen-bond acceptors (Lipinski definition) is 3. The number of rotatable bonds is 7. The first kappa shape index (κ1) is 16.8. The summed E-state index contributed by atoms with van der Waals surface area (Å²) in [6.45, 7) is 2.47. The molecule has 23 heavy (non-hydrogen) atoms. The number of hydrogen-bond donors (Lipinski definition) is 0. The first-order valence-corrected chi connectivity index (χ1v) is 7.56. The van der Waals surface area contributed by atoms with Gasteiger partial charge in [-0.15, -0.1) is 0 Å². The van der Waals surface area contributed by atoms with Crippen molar-refractivity contribution in [1.29, 1.82) is 5.26 Å². The lowest BCUT2D eigenvalue weighted by Gasteiger charge is -2.13. The Bertz CT molecular complexity index is 694. The molecule has 2 aromatic carbocycles. The van der Waals surface area contributed by atoms with Crippen LogP contribution in [0.1, 0.15) is 29.9 Å². The summed E-state index contributed by atoms with van der Waals surface area (Å²) >= 11 is 0. The SMILES string of the molecule is COc1cc(C)ccc1OCCCC(C#N)c1cccc(F)c1. The van der Waals surface area contributed by atoms with Crippen LogP contribution in [0.4, 0.5) is 4.39 Å². The van der Waals surface area contributed by atoms with Gasteiger partial charge >= 0.3 is 0 Å². The summed E-state index contributed by atoms with van der Waals surface area (Å²) in [6, 6.07) is 14.2. The van der Waals surface area contributed by atoms with E-state index in [0.29, 0.717) is 36.5 Å². The summed E-state index contributed by atoms with van der Waals surface area (Å²) in [5, 5.41) is 9.27. The van der Waals surface area contributed by atoms with E-state index in [1.54, 1.807) is 19.2 Å². The molecule has 3 nitrogen and oxygen atoms in total. The van der Waals surface area contributed by atoms with Crippen LogP contribution in [-0.4, -0.2) is 13.7 Å². The molecule has 0 bridgehead atoms. The van der Waals surface area contributed by atoms with E-state index >= 15 is 0 Å². The van der Waals surface area contributed by atoms with E-state index in [0.717, 1.165) is 5.56 Å². The lowest BCUT2D eigenvalue weighted by atomic mass is 9.96. The topological polar surface area (TPSA) is 42.2 Å². The van der Waals surface area contributed by atoms with Crippen molar-refractivity contribution in [1.82, 2.24) is 0 Å². The van der Waals surface area contributed by atoms with Gasteiger partial charge in [0.2, 0.25) is 0 Å². The summed E-state index contributed by atoms with van der Waals surface area (Å²) in [7, 11) is 1.61. The zero-order valence-corrected chi connectivity index (χ0v) is 13.4. The van der Waals surface area contributed by atoms with Crippen LogP contribution in [-0.2, 0) is 0 Å². The fourth-order valence-electron chi connectivity index (χ4n) is 2.39. The summed E-state index contributed by atoms with van der Waals surface area (Å²) in [4.78, 5) is 0. The molecular formula is C19H20FNO2. The van der Waals surface area contributed by atoms with E-state index in [2.05, 4.69) is 6.07 Å². The van der Waals surface area contributed by atoms with Gasteiger partial charge < -0.3 is 9.47 Å². The van der Waals surface area contributed by atoms with Gasteiger partial charge in [0.15, 0.2) is 11.5 Å². The quantitative estimate of drug-likeness (QED) is 0.701. The van der Waals surface area contributed by atoms with Gasteiger partial charge in [0.1, 0.15) is 5.82 Å². The van der Waals surface area contributed by atoms with E-state index in [1.807, 2.05) is 25.1 Å². The number of aryl methyl sites for hydroxylation is 1. The normalized spacial score (nSPS) is 11.6. The van der Waals surface area contributed by atoms with E-state index < -0.39 is 0 Å². The zero-order chi connectivity index (χ0) is 16.7. The molecule has 0 aromatic heterocycles. The number of halogens is 1. The Balaban J connectivity index is 1.88. The second-order valence-electron chi connectivity index (χ2n) is 5.38. The van der Waals surface area contributed by atoms with E-state index in [-0.39, 0.29) is 11.7 Å². The van der Waals surface area contributed by atoms with Crippen molar-refractivity contribution < 1.29 is 13.9 Å². The monoisotopic (exact) mass is 313 g/mol. The summed E-state index contributed by atoms with van der Waals surface area (Å²) in [6.07, 6.45) is 1.32. The van der Waals surface area contributed by atoms with Crippen LogP contribution in [0.15, 0.2) is 42.5 Å². The number of nitriles is 1. The molecule has 4 heteroatoms. The Morgan fingerprint density at radius 2 is 2.00 bits per heavy atom. The molecular weight excluding hydrogens is 293 g/mol. The number of nitrogens with zero attached hydrogens (tertiary/aromatic N) is 1. The summed E-state index contributed by atoms with van der Waals surface area (Å²) in [5.41, 5.74) is 1.81. The molecule has 2 aromatic rings. The van der Waals surface area contributed by atoms with Crippen molar-refractivity contribution in [3.05, 3.63) is 59.4 Å². The highest BCUT2D eigenvalue weighted by Crippen LogP contribution is 2.28. The fraction of sp³-hybridized carbons (Fsp3) is 0.316. The van der Waals surface area contributed by atoms with Crippen molar-refractivity contribution in [3.63, 3.8) is 0 Å². The largest absolute Gasteiger partial charge is 0.493 e. The Morgan fingerprint density at radius 3 is 2.70 bits per heavy atom. The van der Waals surface area contributed by atoms with Gasteiger partial charge in [0, 0.05) is 0 Å². The van der Waals surface area contributed by atoms with Gasteiger partial charge in [-0.25, -0.2) is 4.39 Å². The molecule has 1 atom stereocenters. The van der Waals surface area contributed by atoms with Gasteiger partial charge in [-0.2, -0.15) is 5.26 Å². The van der Waals surface area contributed by atoms with Gasteiger partial charge in [0.25, 0.3) is 0 Å². The summed E-state index contributed by atoms with van der Waals surface area (Å²) in [5.74, 6) is 0.752. The molecule has 1 unspecified atom stereocenters. The number of ether oxygens (including phenoxy) is 2. The van der Waals surface area contributed by atoms with Crippen molar-refractivity contribution in [2.45, 2.75) is 25.7 Å². The average Bonchev–Trinajstić information content (AvgIpc) is 2.56. The molecule has 0 aliphatic rings. The molecule has 0 fully saturated rings. The predicted molar refractivity (Wildman–Crippen MR) is 87.2 cm³/mol. The third kappa shape index (κ3) is 4.72. The van der Waals surface area contributed by atoms with Crippen LogP contribution < -0.4 is 9.47 Å². The third-order valence-corrected chi connectivity index (χ3v) is 3.62. The molecule has 0 saturated heterocycles. The Morgan fingerprint density at radius 1 is 1.17 bits per heavy atom. The molecule has 0 saturated carbocycles. The number of methoxy groups -OCH3 is 1. The first-order chi connectivity index (χ1) is 11.1. The Hall–Kier alpha value is -2.54. The minimum absolute atomic E-state index is 0.316. The number of benzene rings is 2.